The van der Waals surface area contributed by atoms with Crippen molar-refractivity contribution in [3.05, 3.63) is 63.5 Å². The van der Waals surface area contributed by atoms with Crippen LogP contribution in [0.2, 0.25) is 0 Å². The van der Waals surface area contributed by atoms with Crippen molar-refractivity contribution in [2.24, 2.45) is 0 Å². The van der Waals surface area contributed by atoms with Crippen LogP contribution in [-0.4, -0.2) is 29.6 Å². The smallest absolute Gasteiger partial charge is 0.258 e. The van der Waals surface area contributed by atoms with Crippen molar-refractivity contribution in [2.75, 3.05) is 0 Å². The Balaban J connectivity index is 1.60. The molecule has 0 unspecified atom stereocenters. The number of tetrazole rings is 1. The number of aryl methyl sites for hydroxylation is 1. The van der Waals surface area contributed by atoms with Crippen molar-refractivity contribution < 1.29 is 0 Å². The molecule has 0 N–H and O–H groups in total. The summed E-state index contributed by atoms with van der Waals surface area (Å²) in [4.78, 5) is 17.5. The Kier molecular flexibility index (Phi) is 3.87. The maximum Gasteiger partial charge on any atom is 0.258 e. The Morgan fingerprint density at radius 3 is 2.92 bits per heavy atom. The van der Waals surface area contributed by atoms with Crippen LogP contribution in [0.3, 0.4) is 0 Å². The third-order valence-corrected chi connectivity index (χ3v) is 5.32. The second kappa shape index (κ2) is 6.17. The molecule has 24 heavy (non-hydrogen) atoms. The molecular formula is C15H12N6OS2. The Bertz CT molecular complexity index is 1050. The summed E-state index contributed by atoms with van der Waals surface area (Å²) < 4.78 is 3.29. The van der Waals surface area contributed by atoms with Gasteiger partial charge in [0.05, 0.1) is 11.4 Å². The Morgan fingerprint density at radius 2 is 2.08 bits per heavy atom. The van der Waals surface area contributed by atoms with Gasteiger partial charge in [0.2, 0.25) is 5.16 Å². The van der Waals surface area contributed by atoms with E-state index < -0.39 is 0 Å². The van der Waals surface area contributed by atoms with Crippen LogP contribution in [0.25, 0.3) is 10.6 Å². The fraction of sp³-hybridized carbons (Fsp3) is 0.133. The summed E-state index contributed by atoms with van der Waals surface area (Å²) in [7, 11) is 0. The Hall–Kier alpha value is -2.52. The van der Waals surface area contributed by atoms with Crippen molar-refractivity contribution in [3.8, 4) is 5.69 Å². The minimum absolute atomic E-state index is 0.0583. The molecule has 0 fully saturated rings. The first-order valence-corrected chi connectivity index (χ1v) is 9.02. The molecule has 0 radical (unpaired) electrons. The quantitative estimate of drug-likeness (QED) is 0.522. The van der Waals surface area contributed by atoms with Crippen molar-refractivity contribution >= 4 is 28.1 Å². The van der Waals surface area contributed by atoms with Crippen LogP contribution >= 0.6 is 23.1 Å². The molecule has 0 aliphatic rings. The first-order valence-electron chi connectivity index (χ1n) is 7.16. The van der Waals surface area contributed by atoms with Gasteiger partial charge in [0.15, 0.2) is 4.96 Å². The molecule has 4 aromatic rings. The number of nitrogens with zero attached hydrogens (tertiary/aromatic N) is 6. The minimum atomic E-state index is -0.0583. The number of para-hydroxylation sites is 1. The number of fused-ring (bicyclic) bond motifs is 1. The standard InChI is InChI=1S/C15H12N6OS2/c1-10-8-23-14-16-11(7-13(22)20(10)14)9-24-15-17-18-19-21(15)12-5-3-2-4-6-12/h2-8H,9H2,1H3. The van der Waals surface area contributed by atoms with Crippen LogP contribution in [0.1, 0.15) is 11.4 Å². The van der Waals surface area contributed by atoms with E-state index in [1.807, 2.05) is 42.6 Å². The minimum Gasteiger partial charge on any atom is -0.269 e. The van der Waals surface area contributed by atoms with E-state index in [1.165, 1.54) is 23.1 Å². The summed E-state index contributed by atoms with van der Waals surface area (Å²) in [6.45, 7) is 1.90. The van der Waals surface area contributed by atoms with Crippen molar-refractivity contribution in [1.29, 1.82) is 0 Å². The van der Waals surface area contributed by atoms with Crippen LogP contribution in [0.4, 0.5) is 0 Å². The van der Waals surface area contributed by atoms with Gasteiger partial charge in [-0.1, -0.05) is 30.0 Å². The number of thioether (sulfide) groups is 1. The molecule has 0 saturated carbocycles. The molecule has 9 heteroatoms. The summed E-state index contributed by atoms with van der Waals surface area (Å²) in [6.07, 6.45) is 0. The summed E-state index contributed by atoms with van der Waals surface area (Å²) >= 11 is 2.91. The molecule has 0 bridgehead atoms. The average molecular weight is 356 g/mol. The molecule has 0 aliphatic heterocycles. The predicted octanol–water partition coefficient (Wildman–Crippen LogP) is 2.33. The van der Waals surface area contributed by atoms with Gasteiger partial charge in [0.25, 0.3) is 5.56 Å². The van der Waals surface area contributed by atoms with Crippen LogP contribution in [0, 0.1) is 6.92 Å². The number of hydrogen-bond donors (Lipinski definition) is 0. The zero-order chi connectivity index (χ0) is 16.5. The van der Waals surface area contributed by atoms with E-state index >= 15 is 0 Å². The second-order valence-corrected chi connectivity index (χ2v) is 6.86. The Morgan fingerprint density at radius 1 is 1.25 bits per heavy atom. The summed E-state index contributed by atoms with van der Waals surface area (Å²) in [5.41, 5.74) is 2.45. The van der Waals surface area contributed by atoms with Crippen LogP contribution in [0.15, 0.2) is 51.7 Å². The maximum absolute atomic E-state index is 12.2. The Labute approximate surface area is 145 Å². The number of benzene rings is 1. The molecule has 3 heterocycles. The van der Waals surface area contributed by atoms with Gasteiger partial charge in [-0.05, 0) is 29.5 Å². The summed E-state index contributed by atoms with van der Waals surface area (Å²) in [5.74, 6) is 0.524. The molecule has 3 aromatic heterocycles. The van der Waals surface area contributed by atoms with Gasteiger partial charge in [-0.25, -0.2) is 4.98 Å². The highest BCUT2D eigenvalue weighted by molar-refractivity contribution is 7.98. The van der Waals surface area contributed by atoms with Crippen LogP contribution < -0.4 is 5.56 Å². The second-order valence-electron chi connectivity index (χ2n) is 5.08. The van der Waals surface area contributed by atoms with E-state index in [2.05, 4.69) is 20.5 Å². The fourth-order valence-electron chi connectivity index (χ4n) is 2.31. The highest BCUT2D eigenvalue weighted by Gasteiger charge is 2.11. The molecular weight excluding hydrogens is 344 g/mol. The van der Waals surface area contributed by atoms with Gasteiger partial charge >= 0.3 is 0 Å². The van der Waals surface area contributed by atoms with Crippen LogP contribution in [-0.2, 0) is 5.75 Å². The monoisotopic (exact) mass is 356 g/mol. The highest BCUT2D eigenvalue weighted by atomic mass is 32.2. The third kappa shape index (κ3) is 2.72. The molecule has 0 atom stereocenters. The van der Waals surface area contributed by atoms with E-state index in [9.17, 15) is 4.79 Å². The predicted molar refractivity (Wildman–Crippen MR) is 92.8 cm³/mol. The van der Waals surface area contributed by atoms with Gasteiger partial charge in [-0.15, -0.1) is 16.4 Å². The highest BCUT2D eigenvalue weighted by Crippen LogP contribution is 2.22. The van der Waals surface area contributed by atoms with E-state index in [0.29, 0.717) is 15.9 Å². The van der Waals surface area contributed by atoms with Gasteiger partial charge in [-0.2, -0.15) is 4.68 Å². The first-order chi connectivity index (χ1) is 11.7. The summed E-state index contributed by atoms with van der Waals surface area (Å²) in [5, 5.41) is 14.4. The lowest BCUT2D eigenvalue weighted by Gasteiger charge is -2.04. The first kappa shape index (κ1) is 15.0. The lowest BCUT2D eigenvalue weighted by atomic mass is 10.3. The van der Waals surface area contributed by atoms with E-state index in [0.717, 1.165) is 17.1 Å². The topological polar surface area (TPSA) is 78.0 Å². The average Bonchev–Trinajstić information content (AvgIpc) is 3.21. The molecule has 120 valence electrons. The number of hydrogen-bond acceptors (Lipinski definition) is 7. The fourth-order valence-corrected chi connectivity index (χ4v) is 3.99. The van der Waals surface area contributed by atoms with Crippen LogP contribution in [0.5, 0.6) is 0 Å². The molecule has 1 aromatic carbocycles. The lowest BCUT2D eigenvalue weighted by molar-refractivity contribution is 0.756. The molecule has 4 rings (SSSR count). The molecule has 7 nitrogen and oxygen atoms in total. The van der Waals surface area contributed by atoms with E-state index in [1.54, 1.807) is 15.1 Å². The summed E-state index contributed by atoms with van der Waals surface area (Å²) in [6, 6.07) is 11.2. The molecule has 0 saturated heterocycles. The number of thiazole rings is 1. The normalized spacial score (nSPS) is 11.2. The SMILES string of the molecule is Cc1csc2nc(CSc3nnnn3-c3ccccc3)cc(=O)n12. The van der Waals surface area contributed by atoms with Crippen molar-refractivity contribution in [1.82, 2.24) is 29.6 Å². The zero-order valence-corrected chi connectivity index (χ0v) is 14.3. The lowest BCUT2D eigenvalue weighted by Crippen LogP contribution is -2.14. The maximum atomic E-state index is 12.2. The third-order valence-electron chi connectivity index (χ3n) is 3.42. The van der Waals surface area contributed by atoms with E-state index in [4.69, 9.17) is 0 Å². The number of rotatable bonds is 4. The van der Waals surface area contributed by atoms with Gasteiger partial charge in [0, 0.05) is 22.9 Å². The number of aromatic nitrogens is 6. The molecule has 0 amide bonds. The van der Waals surface area contributed by atoms with Crippen molar-refractivity contribution in [3.63, 3.8) is 0 Å². The van der Waals surface area contributed by atoms with Gasteiger partial charge in [-0.3, -0.25) is 9.20 Å². The van der Waals surface area contributed by atoms with E-state index in [-0.39, 0.29) is 5.56 Å². The molecule has 0 aliphatic carbocycles. The largest absolute Gasteiger partial charge is 0.269 e. The van der Waals surface area contributed by atoms with Gasteiger partial charge in [0.1, 0.15) is 0 Å². The van der Waals surface area contributed by atoms with Gasteiger partial charge < -0.3 is 0 Å². The zero-order valence-electron chi connectivity index (χ0n) is 12.7. The molecule has 0 spiro atoms. The van der Waals surface area contributed by atoms with Crippen molar-refractivity contribution in [2.45, 2.75) is 17.8 Å².